The lowest BCUT2D eigenvalue weighted by Crippen LogP contribution is -2.32. The molecule has 0 bridgehead atoms. The van der Waals surface area contributed by atoms with Crippen molar-refractivity contribution in [2.45, 2.75) is 6.04 Å². The van der Waals surface area contributed by atoms with Crippen molar-refractivity contribution >= 4 is 29.4 Å². The first kappa shape index (κ1) is 10.1. The van der Waals surface area contributed by atoms with Gasteiger partial charge in [0.2, 0.25) is 0 Å². The normalized spacial score (nSPS) is 23.6. The van der Waals surface area contributed by atoms with Crippen LogP contribution in [-0.4, -0.2) is 41.3 Å². The van der Waals surface area contributed by atoms with Crippen LogP contribution in [-0.2, 0) is 0 Å². The summed E-state index contributed by atoms with van der Waals surface area (Å²) in [7, 11) is 2.12. The summed E-state index contributed by atoms with van der Waals surface area (Å²) >= 11 is 3.46. The molecule has 1 unspecified atom stereocenters. The summed E-state index contributed by atoms with van der Waals surface area (Å²) < 4.78 is 0. The lowest BCUT2D eigenvalue weighted by atomic mass is 10.3. The number of thiazole rings is 1. The second-order valence-corrected chi connectivity index (χ2v) is 5.53. The Morgan fingerprint density at radius 1 is 1.71 bits per heavy atom. The van der Waals surface area contributed by atoms with Crippen LogP contribution < -0.4 is 0 Å². The molecule has 2 rings (SSSR count). The van der Waals surface area contributed by atoms with Gasteiger partial charge in [0.15, 0.2) is 6.29 Å². The number of hydrogen-bond donors (Lipinski definition) is 0. The maximum Gasteiger partial charge on any atom is 0.161 e. The second kappa shape index (κ2) is 4.42. The van der Waals surface area contributed by atoms with Crippen molar-refractivity contribution < 1.29 is 4.79 Å². The third-order valence-electron chi connectivity index (χ3n) is 2.34. The van der Waals surface area contributed by atoms with Crippen LogP contribution in [0.2, 0.25) is 0 Å². The van der Waals surface area contributed by atoms with Crippen LogP contribution in [0, 0.1) is 0 Å². The number of hydrogen-bond acceptors (Lipinski definition) is 5. The number of carbonyl (C=O) groups excluding carboxylic acids is 1. The number of carbonyl (C=O) groups is 1. The summed E-state index contributed by atoms with van der Waals surface area (Å²) in [5.41, 5.74) is 0. The Morgan fingerprint density at radius 2 is 2.57 bits per heavy atom. The van der Waals surface area contributed by atoms with Gasteiger partial charge in [-0.3, -0.25) is 9.69 Å². The Labute approximate surface area is 91.5 Å². The number of rotatable bonds is 2. The zero-order valence-electron chi connectivity index (χ0n) is 7.97. The molecule has 0 N–H and O–H groups in total. The van der Waals surface area contributed by atoms with E-state index in [0.29, 0.717) is 6.04 Å². The quantitative estimate of drug-likeness (QED) is 0.721. The van der Waals surface area contributed by atoms with E-state index in [-0.39, 0.29) is 0 Å². The first-order chi connectivity index (χ1) is 6.81. The number of thioether (sulfide) groups is 1. The van der Waals surface area contributed by atoms with Crippen molar-refractivity contribution in [1.82, 2.24) is 9.88 Å². The molecule has 0 radical (unpaired) electrons. The standard InChI is InChI=1S/C9H12N2OS2/c1-11-2-3-13-6-8(11)9-10-4-7(5-12)14-9/h4-5,8H,2-3,6H2,1H3. The van der Waals surface area contributed by atoms with Crippen molar-refractivity contribution in [1.29, 1.82) is 0 Å². The van der Waals surface area contributed by atoms with Gasteiger partial charge >= 0.3 is 0 Å². The molecule has 14 heavy (non-hydrogen) atoms. The topological polar surface area (TPSA) is 33.2 Å². The summed E-state index contributed by atoms with van der Waals surface area (Å²) in [4.78, 5) is 17.9. The van der Waals surface area contributed by atoms with Gasteiger partial charge in [-0.1, -0.05) is 0 Å². The smallest absolute Gasteiger partial charge is 0.161 e. The molecule has 0 aromatic carbocycles. The lowest BCUT2D eigenvalue weighted by Gasteiger charge is -2.30. The van der Waals surface area contributed by atoms with E-state index in [1.165, 1.54) is 17.1 Å². The fraction of sp³-hybridized carbons (Fsp3) is 0.556. The molecule has 3 nitrogen and oxygen atoms in total. The van der Waals surface area contributed by atoms with Crippen LogP contribution in [0.1, 0.15) is 20.7 Å². The van der Waals surface area contributed by atoms with Crippen molar-refractivity contribution in [2.24, 2.45) is 0 Å². The molecular formula is C9H12N2OS2. The summed E-state index contributed by atoms with van der Waals surface area (Å²) in [5, 5.41) is 1.07. The predicted octanol–water partition coefficient (Wildman–Crippen LogP) is 1.68. The van der Waals surface area contributed by atoms with Crippen LogP contribution in [0.25, 0.3) is 0 Å². The van der Waals surface area contributed by atoms with Crippen molar-refractivity contribution in [3.05, 3.63) is 16.1 Å². The Bertz CT molecular complexity index is 326. The average molecular weight is 228 g/mol. The van der Waals surface area contributed by atoms with E-state index in [2.05, 4.69) is 16.9 Å². The minimum absolute atomic E-state index is 0.396. The molecule has 0 saturated carbocycles. The van der Waals surface area contributed by atoms with Crippen LogP contribution in [0.3, 0.4) is 0 Å². The molecule has 1 fully saturated rings. The van der Waals surface area contributed by atoms with Gasteiger partial charge < -0.3 is 0 Å². The number of nitrogens with zero attached hydrogens (tertiary/aromatic N) is 2. The largest absolute Gasteiger partial charge is 0.297 e. The van der Waals surface area contributed by atoms with E-state index >= 15 is 0 Å². The second-order valence-electron chi connectivity index (χ2n) is 3.29. The summed E-state index contributed by atoms with van der Waals surface area (Å²) in [6, 6.07) is 0.396. The maximum atomic E-state index is 10.5. The average Bonchev–Trinajstić information content (AvgIpc) is 2.67. The minimum atomic E-state index is 0.396. The van der Waals surface area contributed by atoms with E-state index in [1.54, 1.807) is 6.20 Å². The molecule has 76 valence electrons. The van der Waals surface area contributed by atoms with Crippen LogP contribution >= 0.6 is 23.1 Å². The summed E-state index contributed by atoms with van der Waals surface area (Å²) in [5.74, 6) is 2.28. The maximum absolute atomic E-state index is 10.5. The Hall–Kier alpha value is -0.390. The zero-order valence-corrected chi connectivity index (χ0v) is 9.61. The molecule has 0 amide bonds. The molecule has 2 heterocycles. The van der Waals surface area contributed by atoms with E-state index in [9.17, 15) is 4.79 Å². The molecule has 1 aromatic rings. The molecule has 1 atom stereocenters. The third kappa shape index (κ3) is 1.99. The number of aromatic nitrogens is 1. The highest BCUT2D eigenvalue weighted by molar-refractivity contribution is 7.99. The third-order valence-corrected chi connectivity index (χ3v) is 4.39. The van der Waals surface area contributed by atoms with Crippen molar-refractivity contribution in [2.75, 3.05) is 25.1 Å². The lowest BCUT2D eigenvalue weighted by molar-refractivity contribution is 0.112. The summed E-state index contributed by atoms with van der Waals surface area (Å²) in [6.45, 7) is 1.10. The van der Waals surface area contributed by atoms with E-state index in [4.69, 9.17) is 0 Å². The van der Waals surface area contributed by atoms with Gasteiger partial charge in [-0.25, -0.2) is 4.98 Å². The van der Waals surface area contributed by atoms with Crippen LogP contribution in [0.5, 0.6) is 0 Å². The van der Waals surface area contributed by atoms with Crippen LogP contribution in [0.4, 0.5) is 0 Å². The molecule has 1 aromatic heterocycles. The van der Waals surface area contributed by atoms with Gasteiger partial charge in [-0.2, -0.15) is 11.8 Å². The fourth-order valence-electron chi connectivity index (χ4n) is 1.46. The predicted molar refractivity (Wildman–Crippen MR) is 60.2 cm³/mol. The van der Waals surface area contributed by atoms with Gasteiger partial charge in [-0.05, 0) is 7.05 Å². The first-order valence-electron chi connectivity index (χ1n) is 4.50. The van der Waals surface area contributed by atoms with Gasteiger partial charge in [-0.15, -0.1) is 11.3 Å². The highest BCUT2D eigenvalue weighted by atomic mass is 32.2. The Morgan fingerprint density at radius 3 is 3.21 bits per heavy atom. The Balaban J connectivity index is 2.16. The number of aldehydes is 1. The molecular weight excluding hydrogens is 216 g/mol. The molecule has 1 aliphatic rings. The van der Waals surface area contributed by atoms with Gasteiger partial charge in [0.1, 0.15) is 5.01 Å². The van der Waals surface area contributed by atoms with Gasteiger partial charge in [0.05, 0.1) is 10.9 Å². The molecule has 1 saturated heterocycles. The van der Waals surface area contributed by atoms with Gasteiger partial charge in [0.25, 0.3) is 0 Å². The first-order valence-corrected chi connectivity index (χ1v) is 6.47. The van der Waals surface area contributed by atoms with Crippen LogP contribution in [0.15, 0.2) is 6.20 Å². The molecule has 0 aliphatic carbocycles. The Kier molecular flexibility index (Phi) is 3.20. The van der Waals surface area contributed by atoms with E-state index in [0.717, 1.165) is 28.5 Å². The highest BCUT2D eigenvalue weighted by Crippen LogP contribution is 2.30. The van der Waals surface area contributed by atoms with Gasteiger partial charge in [0, 0.05) is 24.2 Å². The SMILES string of the molecule is CN1CCSCC1c1ncc(C=O)s1. The minimum Gasteiger partial charge on any atom is -0.297 e. The molecule has 1 aliphatic heterocycles. The fourth-order valence-corrected chi connectivity index (χ4v) is 3.68. The van der Waals surface area contributed by atoms with Crippen molar-refractivity contribution in [3.63, 3.8) is 0 Å². The monoisotopic (exact) mass is 228 g/mol. The highest BCUT2D eigenvalue weighted by Gasteiger charge is 2.23. The van der Waals surface area contributed by atoms with Crippen molar-refractivity contribution in [3.8, 4) is 0 Å². The molecule has 5 heteroatoms. The summed E-state index contributed by atoms with van der Waals surface area (Å²) in [6.07, 6.45) is 2.54. The van der Waals surface area contributed by atoms with E-state index in [1.807, 2.05) is 11.8 Å². The molecule has 0 spiro atoms. The zero-order chi connectivity index (χ0) is 9.97. The van der Waals surface area contributed by atoms with E-state index < -0.39 is 0 Å².